The first-order chi connectivity index (χ1) is 7.10. The maximum atomic E-state index is 13.4. The molecule has 2 unspecified atom stereocenters. The molecule has 0 radical (unpaired) electrons. The zero-order chi connectivity index (χ0) is 11.4. The van der Waals surface area contributed by atoms with E-state index in [2.05, 4.69) is 6.07 Å². The molecule has 1 aromatic rings. The van der Waals surface area contributed by atoms with Crippen molar-refractivity contribution in [1.29, 1.82) is 5.26 Å². The maximum Gasteiger partial charge on any atom is 0.130 e. The predicted molar refractivity (Wildman–Crippen MR) is 54.2 cm³/mol. The quantitative estimate of drug-likeness (QED) is 0.745. The summed E-state index contributed by atoms with van der Waals surface area (Å²) < 4.78 is 26.1. The molecule has 0 aliphatic heterocycles. The average Bonchev–Trinajstić information content (AvgIpc) is 2.21. The SMILES string of the molecule is CCC(C)C(C#N)c1ccc(F)cc1F. The summed E-state index contributed by atoms with van der Waals surface area (Å²) in [6, 6.07) is 5.43. The van der Waals surface area contributed by atoms with E-state index in [9.17, 15) is 8.78 Å². The molecule has 1 aromatic carbocycles. The molecule has 0 aliphatic rings. The summed E-state index contributed by atoms with van der Waals surface area (Å²) in [5, 5.41) is 8.96. The molecule has 0 fully saturated rings. The summed E-state index contributed by atoms with van der Waals surface area (Å²) in [5.74, 6) is -1.69. The van der Waals surface area contributed by atoms with Crippen molar-refractivity contribution in [2.75, 3.05) is 0 Å². The Bertz CT molecular complexity index is 382. The molecule has 80 valence electrons. The van der Waals surface area contributed by atoms with Gasteiger partial charge in [0.05, 0.1) is 12.0 Å². The Balaban J connectivity index is 3.09. The minimum absolute atomic E-state index is 0.0648. The van der Waals surface area contributed by atoms with Gasteiger partial charge < -0.3 is 0 Å². The van der Waals surface area contributed by atoms with Crippen LogP contribution in [0.1, 0.15) is 31.7 Å². The number of benzene rings is 1. The zero-order valence-electron chi connectivity index (χ0n) is 8.80. The van der Waals surface area contributed by atoms with E-state index in [0.29, 0.717) is 0 Å². The summed E-state index contributed by atoms with van der Waals surface area (Å²) in [5.41, 5.74) is 0.285. The van der Waals surface area contributed by atoms with E-state index in [1.165, 1.54) is 12.1 Å². The molecular weight excluding hydrogens is 196 g/mol. The summed E-state index contributed by atoms with van der Waals surface area (Å²) >= 11 is 0. The molecule has 0 aliphatic carbocycles. The maximum absolute atomic E-state index is 13.4. The van der Waals surface area contributed by atoms with Crippen LogP contribution in [-0.2, 0) is 0 Å². The van der Waals surface area contributed by atoms with Gasteiger partial charge in [-0.05, 0) is 12.0 Å². The largest absolute Gasteiger partial charge is 0.207 e. The lowest BCUT2D eigenvalue weighted by atomic mass is 9.86. The highest BCUT2D eigenvalue weighted by Crippen LogP contribution is 2.28. The van der Waals surface area contributed by atoms with Crippen LogP contribution >= 0.6 is 0 Å². The lowest BCUT2D eigenvalue weighted by molar-refractivity contribution is 0.487. The van der Waals surface area contributed by atoms with Gasteiger partial charge in [0.15, 0.2) is 0 Å². The molecule has 15 heavy (non-hydrogen) atoms. The van der Waals surface area contributed by atoms with Gasteiger partial charge in [-0.1, -0.05) is 26.3 Å². The number of hydrogen-bond donors (Lipinski definition) is 0. The molecule has 0 heterocycles. The van der Waals surface area contributed by atoms with Crippen molar-refractivity contribution in [3.63, 3.8) is 0 Å². The number of halogens is 2. The van der Waals surface area contributed by atoms with E-state index in [-0.39, 0.29) is 11.5 Å². The first-order valence-electron chi connectivity index (χ1n) is 4.94. The van der Waals surface area contributed by atoms with Crippen LogP contribution in [0.15, 0.2) is 18.2 Å². The first-order valence-corrected chi connectivity index (χ1v) is 4.94. The van der Waals surface area contributed by atoms with Crippen LogP contribution in [-0.4, -0.2) is 0 Å². The Morgan fingerprint density at radius 3 is 2.53 bits per heavy atom. The topological polar surface area (TPSA) is 23.8 Å². The Labute approximate surface area is 88.3 Å². The molecule has 1 rings (SSSR count). The highest BCUT2D eigenvalue weighted by Gasteiger charge is 2.20. The molecule has 0 amide bonds. The molecule has 0 saturated heterocycles. The molecule has 0 saturated carbocycles. The van der Waals surface area contributed by atoms with E-state index in [0.717, 1.165) is 12.5 Å². The van der Waals surface area contributed by atoms with E-state index in [1.807, 2.05) is 13.8 Å². The van der Waals surface area contributed by atoms with Crippen molar-refractivity contribution in [3.8, 4) is 6.07 Å². The van der Waals surface area contributed by atoms with E-state index < -0.39 is 17.6 Å². The van der Waals surface area contributed by atoms with Crippen LogP contribution in [0.2, 0.25) is 0 Å². The summed E-state index contributed by atoms with van der Waals surface area (Å²) in [4.78, 5) is 0. The van der Waals surface area contributed by atoms with Crippen molar-refractivity contribution in [2.24, 2.45) is 5.92 Å². The van der Waals surface area contributed by atoms with Gasteiger partial charge in [0.25, 0.3) is 0 Å². The molecule has 0 aromatic heterocycles. The normalized spacial score (nSPS) is 14.3. The Morgan fingerprint density at radius 2 is 2.07 bits per heavy atom. The van der Waals surface area contributed by atoms with Crippen molar-refractivity contribution in [1.82, 2.24) is 0 Å². The van der Waals surface area contributed by atoms with Crippen molar-refractivity contribution < 1.29 is 8.78 Å². The van der Waals surface area contributed by atoms with Crippen LogP contribution in [0.25, 0.3) is 0 Å². The summed E-state index contributed by atoms with van der Waals surface area (Å²) in [6.45, 7) is 3.83. The second-order valence-corrected chi connectivity index (χ2v) is 3.66. The van der Waals surface area contributed by atoms with Gasteiger partial charge in [0.2, 0.25) is 0 Å². The van der Waals surface area contributed by atoms with E-state index in [4.69, 9.17) is 5.26 Å². The third kappa shape index (κ3) is 2.53. The second-order valence-electron chi connectivity index (χ2n) is 3.66. The lowest BCUT2D eigenvalue weighted by Gasteiger charge is -2.16. The molecule has 2 atom stereocenters. The Hall–Kier alpha value is -1.43. The van der Waals surface area contributed by atoms with E-state index in [1.54, 1.807) is 0 Å². The van der Waals surface area contributed by atoms with Crippen LogP contribution in [0.3, 0.4) is 0 Å². The first kappa shape index (κ1) is 11.6. The zero-order valence-corrected chi connectivity index (χ0v) is 8.80. The van der Waals surface area contributed by atoms with Gasteiger partial charge in [-0.3, -0.25) is 0 Å². The second kappa shape index (κ2) is 4.88. The number of rotatable bonds is 3. The summed E-state index contributed by atoms with van der Waals surface area (Å²) in [6.07, 6.45) is 0.787. The van der Waals surface area contributed by atoms with Gasteiger partial charge in [-0.15, -0.1) is 0 Å². The smallest absolute Gasteiger partial charge is 0.130 e. The molecule has 0 N–H and O–H groups in total. The van der Waals surface area contributed by atoms with Gasteiger partial charge in [-0.2, -0.15) is 5.26 Å². The molecule has 0 bridgehead atoms. The third-order valence-electron chi connectivity index (χ3n) is 2.65. The summed E-state index contributed by atoms with van der Waals surface area (Å²) in [7, 11) is 0. The van der Waals surface area contributed by atoms with Gasteiger partial charge in [-0.25, -0.2) is 8.78 Å². The number of nitriles is 1. The predicted octanol–water partition coefficient (Wildman–Crippen LogP) is 3.62. The van der Waals surface area contributed by atoms with E-state index >= 15 is 0 Å². The van der Waals surface area contributed by atoms with Crippen molar-refractivity contribution in [3.05, 3.63) is 35.4 Å². The monoisotopic (exact) mass is 209 g/mol. The lowest BCUT2D eigenvalue weighted by Crippen LogP contribution is -2.09. The molecule has 0 spiro atoms. The molecule has 1 nitrogen and oxygen atoms in total. The van der Waals surface area contributed by atoms with Gasteiger partial charge in [0.1, 0.15) is 11.6 Å². The Morgan fingerprint density at radius 1 is 1.40 bits per heavy atom. The number of nitrogens with zero attached hydrogens (tertiary/aromatic N) is 1. The van der Waals surface area contributed by atoms with Crippen LogP contribution < -0.4 is 0 Å². The standard InChI is InChI=1S/C12H13F2N/c1-3-8(2)11(7-15)10-5-4-9(13)6-12(10)14/h4-6,8,11H,3H2,1-2H3. The molecule has 3 heteroatoms. The van der Waals surface area contributed by atoms with Crippen molar-refractivity contribution >= 4 is 0 Å². The fourth-order valence-corrected chi connectivity index (χ4v) is 1.49. The van der Waals surface area contributed by atoms with Crippen LogP contribution in [0.5, 0.6) is 0 Å². The minimum atomic E-state index is -0.637. The van der Waals surface area contributed by atoms with Gasteiger partial charge in [0, 0.05) is 11.6 Å². The highest BCUT2D eigenvalue weighted by atomic mass is 19.1. The number of hydrogen-bond acceptors (Lipinski definition) is 1. The van der Waals surface area contributed by atoms with Gasteiger partial charge >= 0.3 is 0 Å². The van der Waals surface area contributed by atoms with Crippen LogP contribution in [0.4, 0.5) is 8.78 Å². The average molecular weight is 209 g/mol. The Kier molecular flexibility index (Phi) is 3.79. The minimum Gasteiger partial charge on any atom is -0.207 e. The molecular formula is C12H13F2N. The fourth-order valence-electron chi connectivity index (χ4n) is 1.49. The third-order valence-corrected chi connectivity index (χ3v) is 2.65. The van der Waals surface area contributed by atoms with Crippen LogP contribution in [0, 0.1) is 28.9 Å². The van der Waals surface area contributed by atoms with Crippen molar-refractivity contribution in [2.45, 2.75) is 26.2 Å². The highest BCUT2D eigenvalue weighted by molar-refractivity contribution is 5.27. The fraction of sp³-hybridized carbons (Fsp3) is 0.417.